The van der Waals surface area contributed by atoms with Crippen LogP contribution in [0.5, 0.6) is 0 Å². The van der Waals surface area contributed by atoms with Crippen LogP contribution in [0.25, 0.3) is 88.7 Å². The lowest BCUT2D eigenvalue weighted by Crippen LogP contribution is -2.11. The third-order valence-corrected chi connectivity index (χ3v) is 10.3. The molecule has 254 valence electrons. The van der Waals surface area contributed by atoms with Crippen molar-refractivity contribution in [1.82, 2.24) is 4.98 Å². The zero-order valence-corrected chi connectivity index (χ0v) is 28.9. The Hall–Kier alpha value is -7.37. The van der Waals surface area contributed by atoms with E-state index in [-0.39, 0.29) is 0 Å². The van der Waals surface area contributed by atoms with E-state index in [4.69, 9.17) is 18.2 Å². The van der Waals surface area contributed by atoms with Crippen LogP contribution in [-0.4, -0.2) is 4.98 Å². The number of anilines is 3. The molecule has 0 unspecified atom stereocenters. The first kappa shape index (κ1) is 30.3. The molecule has 0 fully saturated rings. The van der Waals surface area contributed by atoms with Gasteiger partial charge >= 0.3 is 0 Å². The fourth-order valence-corrected chi connectivity index (χ4v) is 7.74. The van der Waals surface area contributed by atoms with Crippen molar-refractivity contribution >= 4 is 72.0 Å². The van der Waals surface area contributed by atoms with E-state index in [0.29, 0.717) is 5.89 Å². The summed E-state index contributed by atoms with van der Waals surface area (Å²) in [4.78, 5) is 7.09. The molecule has 0 radical (unpaired) electrons. The summed E-state index contributed by atoms with van der Waals surface area (Å²) in [6, 6.07) is 62.8. The van der Waals surface area contributed by atoms with Crippen LogP contribution >= 0.6 is 0 Å². The number of oxazole rings is 1. The van der Waals surface area contributed by atoms with Crippen molar-refractivity contribution in [1.29, 1.82) is 0 Å². The molecule has 0 saturated carbocycles. The number of rotatable bonds is 6. The lowest BCUT2D eigenvalue weighted by Gasteiger charge is -2.28. The molecular weight excluding hydrogens is 665 g/mol. The molecule has 11 aromatic rings. The van der Waals surface area contributed by atoms with Crippen LogP contribution in [0.3, 0.4) is 0 Å². The van der Waals surface area contributed by atoms with Crippen LogP contribution in [0, 0.1) is 0 Å². The van der Waals surface area contributed by atoms with E-state index in [2.05, 4.69) is 132 Å². The summed E-state index contributed by atoms with van der Waals surface area (Å²) in [5.74, 6) is 0.599. The molecule has 0 atom stereocenters. The van der Waals surface area contributed by atoms with Crippen LogP contribution in [0.4, 0.5) is 17.1 Å². The Morgan fingerprint density at radius 3 is 1.89 bits per heavy atom. The van der Waals surface area contributed by atoms with E-state index < -0.39 is 0 Å². The Labute approximate surface area is 309 Å². The molecule has 0 saturated heterocycles. The number of hydrogen-bond donors (Lipinski definition) is 0. The van der Waals surface area contributed by atoms with E-state index in [9.17, 15) is 0 Å². The maximum atomic E-state index is 6.42. The number of nitrogens with zero attached hydrogens (tertiary/aromatic N) is 2. The molecule has 8 aromatic carbocycles. The van der Waals surface area contributed by atoms with Crippen LogP contribution < -0.4 is 4.90 Å². The monoisotopic (exact) mass is 694 g/mol. The molecule has 11 rings (SSSR count). The van der Waals surface area contributed by atoms with Crippen molar-refractivity contribution in [2.75, 3.05) is 4.90 Å². The van der Waals surface area contributed by atoms with Crippen molar-refractivity contribution in [2.45, 2.75) is 0 Å². The number of para-hydroxylation sites is 2. The Morgan fingerprint density at radius 2 is 1.04 bits per heavy atom. The predicted molar refractivity (Wildman–Crippen MR) is 220 cm³/mol. The van der Waals surface area contributed by atoms with Crippen molar-refractivity contribution in [3.8, 4) is 33.7 Å². The van der Waals surface area contributed by atoms with Gasteiger partial charge in [0.15, 0.2) is 5.58 Å². The van der Waals surface area contributed by atoms with Gasteiger partial charge in [-0.2, -0.15) is 0 Å². The molecule has 5 nitrogen and oxygen atoms in total. The third kappa shape index (κ3) is 4.90. The average Bonchev–Trinajstić information content (AvgIpc) is 3.95. The Balaban J connectivity index is 1.01. The predicted octanol–water partition coefficient (Wildman–Crippen LogP) is 14.1. The summed E-state index contributed by atoms with van der Waals surface area (Å²) < 4.78 is 19.1. The normalized spacial score (nSPS) is 11.7. The lowest BCUT2D eigenvalue weighted by molar-refractivity contribution is 0.622. The molecule has 0 bridgehead atoms. The van der Waals surface area contributed by atoms with Gasteiger partial charge < -0.3 is 18.2 Å². The largest absolute Gasteiger partial charge is 0.456 e. The molecule has 0 aliphatic rings. The Bertz CT molecular complexity index is 3160. The summed E-state index contributed by atoms with van der Waals surface area (Å²) in [6.07, 6.45) is 0. The van der Waals surface area contributed by atoms with Crippen molar-refractivity contribution < 1.29 is 13.3 Å². The SMILES string of the molecule is c1ccc(-c2nc3ccc4oc5cc(-c6ccc(N(c7ccc8c(c7)oc7ccccc78)c7ccccc7-c7ccccc7)cc6)ccc5c4c3o2)cc1. The summed E-state index contributed by atoms with van der Waals surface area (Å²) in [5.41, 5.74) is 13.3. The number of fused-ring (bicyclic) bond motifs is 8. The van der Waals surface area contributed by atoms with E-state index in [1.165, 1.54) is 0 Å². The maximum absolute atomic E-state index is 6.42. The first-order valence-corrected chi connectivity index (χ1v) is 18.0. The van der Waals surface area contributed by atoms with Gasteiger partial charge in [0, 0.05) is 44.7 Å². The first-order chi connectivity index (χ1) is 26.7. The van der Waals surface area contributed by atoms with Gasteiger partial charge in [-0.15, -0.1) is 0 Å². The minimum atomic E-state index is 0.599. The quantitative estimate of drug-likeness (QED) is 0.173. The van der Waals surface area contributed by atoms with Gasteiger partial charge in [-0.1, -0.05) is 103 Å². The fourth-order valence-electron chi connectivity index (χ4n) is 7.74. The molecule has 3 heterocycles. The van der Waals surface area contributed by atoms with Crippen LogP contribution in [0.1, 0.15) is 0 Å². The highest BCUT2D eigenvalue weighted by atomic mass is 16.4. The average molecular weight is 695 g/mol. The van der Waals surface area contributed by atoms with Gasteiger partial charge in [-0.05, 0) is 89.5 Å². The molecule has 0 aliphatic heterocycles. The smallest absolute Gasteiger partial charge is 0.227 e. The van der Waals surface area contributed by atoms with Crippen LogP contribution in [0.2, 0.25) is 0 Å². The molecule has 0 spiro atoms. The minimum Gasteiger partial charge on any atom is -0.456 e. The highest BCUT2D eigenvalue weighted by Gasteiger charge is 2.20. The van der Waals surface area contributed by atoms with Gasteiger partial charge in [0.2, 0.25) is 5.89 Å². The molecule has 54 heavy (non-hydrogen) atoms. The number of furan rings is 2. The highest BCUT2D eigenvalue weighted by Crippen LogP contribution is 2.44. The van der Waals surface area contributed by atoms with Gasteiger partial charge in [0.1, 0.15) is 27.8 Å². The molecular formula is C49H30N2O3. The minimum absolute atomic E-state index is 0.599. The molecule has 0 N–H and O–H groups in total. The standard InChI is InChI=1S/C49H30N2O3/c1-3-11-32(12-4-1)37-15-7-9-17-42(37)51(36-24-26-39-38-16-8-10-18-43(38)52-46(39)30-36)35-22-19-31(20-23-35)34-21-25-40-45(29-34)53-44-28-27-41-48(47(40)44)54-49(50-41)33-13-5-2-6-14-33/h1-30H. The topological polar surface area (TPSA) is 55.6 Å². The van der Waals surface area contributed by atoms with Gasteiger partial charge in [0.25, 0.3) is 0 Å². The van der Waals surface area contributed by atoms with Crippen LogP contribution in [0.15, 0.2) is 195 Å². The summed E-state index contributed by atoms with van der Waals surface area (Å²) in [6.45, 7) is 0. The lowest BCUT2D eigenvalue weighted by atomic mass is 10.0. The van der Waals surface area contributed by atoms with Crippen LogP contribution in [-0.2, 0) is 0 Å². The van der Waals surface area contributed by atoms with Gasteiger partial charge in [-0.25, -0.2) is 4.98 Å². The van der Waals surface area contributed by atoms with E-state index >= 15 is 0 Å². The second-order valence-corrected chi connectivity index (χ2v) is 13.5. The van der Waals surface area contributed by atoms with Crippen molar-refractivity contribution in [2.24, 2.45) is 0 Å². The second kappa shape index (κ2) is 12.1. The third-order valence-electron chi connectivity index (χ3n) is 10.3. The maximum Gasteiger partial charge on any atom is 0.227 e. The van der Waals surface area contributed by atoms with Crippen molar-refractivity contribution in [3.63, 3.8) is 0 Å². The highest BCUT2D eigenvalue weighted by molar-refractivity contribution is 6.17. The number of benzene rings is 8. The number of hydrogen-bond acceptors (Lipinski definition) is 5. The van der Waals surface area contributed by atoms with E-state index in [1.54, 1.807) is 0 Å². The summed E-state index contributed by atoms with van der Waals surface area (Å²) in [7, 11) is 0. The number of aromatic nitrogens is 1. The van der Waals surface area contributed by atoms with Gasteiger partial charge in [-0.3, -0.25) is 0 Å². The molecule has 3 aromatic heterocycles. The van der Waals surface area contributed by atoms with Crippen molar-refractivity contribution in [3.05, 3.63) is 182 Å². The van der Waals surface area contributed by atoms with Gasteiger partial charge in [0.05, 0.1) is 11.1 Å². The second-order valence-electron chi connectivity index (χ2n) is 13.5. The summed E-state index contributed by atoms with van der Waals surface area (Å²) >= 11 is 0. The zero-order chi connectivity index (χ0) is 35.6. The molecule has 0 aliphatic carbocycles. The molecule has 5 heteroatoms. The van der Waals surface area contributed by atoms with E-state index in [1.807, 2.05) is 54.6 Å². The Morgan fingerprint density at radius 1 is 0.389 bits per heavy atom. The zero-order valence-electron chi connectivity index (χ0n) is 28.9. The molecule has 0 amide bonds. The summed E-state index contributed by atoms with van der Waals surface area (Å²) in [5, 5.41) is 4.15. The van der Waals surface area contributed by atoms with E-state index in [0.717, 1.165) is 99.9 Å². The Kier molecular flexibility index (Phi) is 6.79. The fraction of sp³-hybridized carbons (Fsp3) is 0. The first-order valence-electron chi connectivity index (χ1n) is 18.0.